The summed E-state index contributed by atoms with van der Waals surface area (Å²) in [6, 6.07) is 2.70. The third-order valence-electron chi connectivity index (χ3n) is 3.51. The van der Waals surface area contributed by atoms with Crippen LogP contribution in [-0.2, 0) is 0 Å². The van der Waals surface area contributed by atoms with Gasteiger partial charge in [-0.15, -0.1) is 0 Å². The van der Waals surface area contributed by atoms with Gasteiger partial charge in [0, 0.05) is 36.3 Å². The smallest absolute Gasteiger partial charge is 0.143 e. The average molecular weight is 347 g/mol. The van der Waals surface area contributed by atoms with Crippen molar-refractivity contribution < 1.29 is 0 Å². The van der Waals surface area contributed by atoms with Crippen molar-refractivity contribution in [2.24, 2.45) is 5.92 Å². The molecule has 2 aliphatic rings. The monoisotopic (exact) mass is 345 g/mol. The minimum absolute atomic E-state index is 0.630. The molecule has 0 saturated carbocycles. The van der Waals surface area contributed by atoms with E-state index >= 15 is 0 Å². The standard InChI is InChI=1S/C11H13Br2N3/c12-8-3-9(13)11(15-5-8)16-2-1-7-4-14-6-10(7)16/h3,5,7,10,14H,1-2,4,6H2/t7-,10+/m0/s1. The lowest BCUT2D eigenvalue weighted by Crippen LogP contribution is -2.34. The molecule has 0 aliphatic carbocycles. The van der Waals surface area contributed by atoms with E-state index in [2.05, 4.69) is 53.1 Å². The number of pyridine rings is 1. The maximum absolute atomic E-state index is 4.52. The summed E-state index contributed by atoms with van der Waals surface area (Å²) >= 11 is 7.04. The molecule has 0 bridgehead atoms. The van der Waals surface area contributed by atoms with Crippen LogP contribution in [0, 0.1) is 5.92 Å². The first-order valence-electron chi connectivity index (χ1n) is 5.54. The Balaban J connectivity index is 1.92. The van der Waals surface area contributed by atoms with Crippen LogP contribution in [0.4, 0.5) is 5.82 Å². The molecule has 2 saturated heterocycles. The Bertz CT molecular complexity index is 410. The van der Waals surface area contributed by atoms with Gasteiger partial charge in [0.1, 0.15) is 5.82 Å². The molecule has 2 fully saturated rings. The van der Waals surface area contributed by atoms with Gasteiger partial charge in [0.2, 0.25) is 0 Å². The number of fused-ring (bicyclic) bond motifs is 1. The first-order chi connectivity index (χ1) is 7.75. The molecule has 3 heterocycles. The average Bonchev–Trinajstić information content (AvgIpc) is 2.80. The maximum atomic E-state index is 4.52. The van der Waals surface area contributed by atoms with Crippen molar-refractivity contribution in [1.82, 2.24) is 10.3 Å². The highest BCUT2D eigenvalue weighted by Gasteiger charge is 2.38. The Morgan fingerprint density at radius 2 is 2.25 bits per heavy atom. The first kappa shape index (κ1) is 11.0. The van der Waals surface area contributed by atoms with Crippen LogP contribution in [-0.4, -0.2) is 30.7 Å². The normalized spacial score (nSPS) is 28.5. The Hall–Kier alpha value is -0.130. The van der Waals surface area contributed by atoms with E-state index in [1.807, 2.05) is 6.20 Å². The second kappa shape index (κ2) is 4.27. The molecule has 2 atom stereocenters. The van der Waals surface area contributed by atoms with Crippen LogP contribution < -0.4 is 10.2 Å². The largest absolute Gasteiger partial charge is 0.351 e. The van der Waals surface area contributed by atoms with E-state index in [4.69, 9.17) is 0 Å². The van der Waals surface area contributed by atoms with Crippen LogP contribution in [0.15, 0.2) is 21.2 Å². The molecule has 5 heteroatoms. The molecule has 3 nitrogen and oxygen atoms in total. The summed E-state index contributed by atoms with van der Waals surface area (Å²) in [5.41, 5.74) is 0. The second-order valence-corrected chi connectivity index (χ2v) is 6.20. The van der Waals surface area contributed by atoms with E-state index in [9.17, 15) is 0 Å². The Morgan fingerprint density at radius 1 is 1.38 bits per heavy atom. The summed E-state index contributed by atoms with van der Waals surface area (Å²) in [4.78, 5) is 6.96. The van der Waals surface area contributed by atoms with Crippen LogP contribution in [0.25, 0.3) is 0 Å². The van der Waals surface area contributed by atoms with Gasteiger partial charge in [-0.05, 0) is 50.3 Å². The lowest BCUT2D eigenvalue weighted by Gasteiger charge is -2.25. The molecule has 1 aromatic heterocycles. The number of anilines is 1. The molecule has 1 N–H and O–H groups in total. The van der Waals surface area contributed by atoms with Crippen molar-refractivity contribution in [3.8, 4) is 0 Å². The van der Waals surface area contributed by atoms with Crippen molar-refractivity contribution in [3.63, 3.8) is 0 Å². The summed E-state index contributed by atoms with van der Waals surface area (Å²) in [7, 11) is 0. The van der Waals surface area contributed by atoms with Gasteiger partial charge < -0.3 is 10.2 Å². The molecule has 2 aliphatic heterocycles. The predicted molar refractivity (Wildman–Crippen MR) is 71.7 cm³/mol. The Morgan fingerprint density at radius 3 is 3.06 bits per heavy atom. The SMILES string of the molecule is Brc1cnc(N2CC[C@H]3CNC[C@H]32)c(Br)c1. The number of hydrogen-bond donors (Lipinski definition) is 1. The van der Waals surface area contributed by atoms with Gasteiger partial charge in [0.15, 0.2) is 0 Å². The minimum atomic E-state index is 0.630. The van der Waals surface area contributed by atoms with Gasteiger partial charge >= 0.3 is 0 Å². The highest BCUT2D eigenvalue weighted by Crippen LogP contribution is 2.35. The van der Waals surface area contributed by atoms with Gasteiger partial charge in [0.05, 0.1) is 4.47 Å². The van der Waals surface area contributed by atoms with Gasteiger partial charge in [-0.3, -0.25) is 0 Å². The number of nitrogens with one attached hydrogen (secondary N) is 1. The molecule has 0 unspecified atom stereocenters. The quantitative estimate of drug-likeness (QED) is 0.846. The van der Waals surface area contributed by atoms with E-state index in [1.54, 1.807) is 0 Å². The Labute approximate surface area is 112 Å². The third kappa shape index (κ3) is 1.79. The zero-order chi connectivity index (χ0) is 11.1. The van der Waals surface area contributed by atoms with E-state index < -0.39 is 0 Å². The van der Waals surface area contributed by atoms with Crippen molar-refractivity contribution in [2.45, 2.75) is 12.5 Å². The van der Waals surface area contributed by atoms with E-state index in [1.165, 1.54) is 6.42 Å². The van der Waals surface area contributed by atoms with Crippen LogP contribution in [0.3, 0.4) is 0 Å². The zero-order valence-electron chi connectivity index (χ0n) is 8.79. The van der Waals surface area contributed by atoms with E-state index in [-0.39, 0.29) is 0 Å². The van der Waals surface area contributed by atoms with Crippen LogP contribution in [0.1, 0.15) is 6.42 Å². The molecule has 3 rings (SSSR count). The fourth-order valence-corrected chi connectivity index (χ4v) is 3.95. The van der Waals surface area contributed by atoms with E-state index in [0.29, 0.717) is 6.04 Å². The zero-order valence-corrected chi connectivity index (χ0v) is 12.0. The van der Waals surface area contributed by atoms with Crippen molar-refractivity contribution in [3.05, 3.63) is 21.2 Å². The maximum Gasteiger partial charge on any atom is 0.143 e. The van der Waals surface area contributed by atoms with Gasteiger partial charge in [-0.2, -0.15) is 0 Å². The molecular weight excluding hydrogens is 334 g/mol. The number of hydrogen-bond acceptors (Lipinski definition) is 3. The van der Waals surface area contributed by atoms with Gasteiger partial charge in [-0.1, -0.05) is 0 Å². The molecule has 0 aromatic carbocycles. The fourth-order valence-electron chi connectivity index (χ4n) is 2.73. The second-order valence-electron chi connectivity index (χ2n) is 4.43. The molecule has 0 amide bonds. The van der Waals surface area contributed by atoms with Gasteiger partial charge in [0.25, 0.3) is 0 Å². The molecular formula is C11H13Br2N3. The minimum Gasteiger partial charge on any atom is -0.351 e. The summed E-state index contributed by atoms with van der Waals surface area (Å²) in [6.45, 7) is 3.38. The highest BCUT2D eigenvalue weighted by molar-refractivity contribution is 9.11. The first-order valence-corrected chi connectivity index (χ1v) is 7.13. The molecule has 1 aromatic rings. The van der Waals surface area contributed by atoms with Crippen LogP contribution >= 0.6 is 31.9 Å². The molecule has 86 valence electrons. The Kier molecular flexibility index (Phi) is 2.94. The highest BCUT2D eigenvalue weighted by atomic mass is 79.9. The van der Waals surface area contributed by atoms with Crippen LogP contribution in [0.2, 0.25) is 0 Å². The lowest BCUT2D eigenvalue weighted by molar-refractivity contribution is 0.577. The van der Waals surface area contributed by atoms with Crippen molar-refractivity contribution in [2.75, 3.05) is 24.5 Å². The fraction of sp³-hybridized carbons (Fsp3) is 0.545. The van der Waals surface area contributed by atoms with Crippen molar-refractivity contribution >= 4 is 37.7 Å². The number of rotatable bonds is 1. The van der Waals surface area contributed by atoms with Crippen LogP contribution in [0.5, 0.6) is 0 Å². The van der Waals surface area contributed by atoms with Crippen molar-refractivity contribution in [1.29, 1.82) is 0 Å². The predicted octanol–water partition coefficient (Wildman–Crippen LogP) is 2.40. The summed E-state index contributed by atoms with van der Waals surface area (Å²) in [6.07, 6.45) is 3.15. The molecule has 0 radical (unpaired) electrons. The summed E-state index contributed by atoms with van der Waals surface area (Å²) in [5.74, 6) is 1.89. The third-order valence-corrected chi connectivity index (χ3v) is 4.52. The number of aromatic nitrogens is 1. The lowest BCUT2D eigenvalue weighted by atomic mass is 10.1. The summed E-state index contributed by atoms with van der Waals surface area (Å²) < 4.78 is 2.10. The number of nitrogens with zero attached hydrogens (tertiary/aromatic N) is 2. The molecule has 16 heavy (non-hydrogen) atoms. The molecule has 0 spiro atoms. The number of halogens is 2. The van der Waals surface area contributed by atoms with Gasteiger partial charge in [-0.25, -0.2) is 4.98 Å². The topological polar surface area (TPSA) is 28.2 Å². The van der Waals surface area contributed by atoms with E-state index in [0.717, 1.165) is 40.3 Å². The summed E-state index contributed by atoms with van der Waals surface area (Å²) in [5, 5.41) is 3.46.